The van der Waals surface area contributed by atoms with Crippen molar-refractivity contribution >= 4 is 11.3 Å². The van der Waals surface area contributed by atoms with Gasteiger partial charge in [0.25, 0.3) is 0 Å². The summed E-state index contributed by atoms with van der Waals surface area (Å²) in [6.45, 7) is 5.05. The minimum absolute atomic E-state index is 0.0548. The number of fused-ring (bicyclic) bond motifs is 1. The quantitative estimate of drug-likeness (QED) is 0.545. The highest BCUT2D eigenvalue weighted by atomic mass is 16.5. The zero-order chi connectivity index (χ0) is 18.6. The van der Waals surface area contributed by atoms with Crippen LogP contribution in [0.4, 0.5) is 5.69 Å². The smallest absolute Gasteiger partial charge is 0.133 e. The van der Waals surface area contributed by atoms with Gasteiger partial charge in [-0.05, 0) is 57.0 Å². The van der Waals surface area contributed by atoms with Crippen molar-refractivity contribution in [2.75, 3.05) is 32.1 Å². The lowest BCUT2D eigenvalue weighted by Gasteiger charge is -2.38. The Bertz CT molecular complexity index is 677. The summed E-state index contributed by atoms with van der Waals surface area (Å²) in [5.41, 5.74) is 5.15. The fourth-order valence-corrected chi connectivity index (χ4v) is 4.32. The molecule has 3 aliphatic rings. The van der Waals surface area contributed by atoms with E-state index in [0.717, 1.165) is 56.8 Å². The average molecular weight is 372 g/mol. The molecule has 4 rings (SSSR count). The zero-order valence-electron chi connectivity index (χ0n) is 16.5. The van der Waals surface area contributed by atoms with Gasteiger partial charge in [0.2, 0.25) is 0 Å². The summed E-state index contributed by atoms with van der Waals surface area (Å²) in [4.78, 5) is 0. The predicted molar refractivity (Wildman–Crippen MR) is 111 cm³/mol. The van der Waals surface area contributed by atoms with Crippen molar-refractivity contribution in [2.45, 2.75) is 57.5 Å². The van der Waals surface area contributed by atoms with Gasteiger partial charge < -0.3 is 20.7 Å². The molecule has 5 N–H and O–H groups in total. The highest BCUT2D eigenvalue weighted by Gasteiger charge is 2.26. The predicted octanol–water partition coefficient (Wildman–Crippen LogP) is 1.99. The Hall–Kier alpha value is -1.60. The molecule has 1 aromatic carbocycles. The van der Waals surface area contributed by atoms with Gasteiger partial charge in [0, 0.05) is 35.8 Å². The maximum Gasteiger partial charge on any atom is 0.133 e. The standard InChI is InChI=1S/C21H33N5O/c1-3-16-13-19(22-2)26-21(24-16)25-17-11-15-7-10-27-20(15)18(12-17)14-5-4-8-23-9-6-14/h6,11-12,16,19,21-26H,3-5,7-10,13H2,1-2H3. The van der Waals surface area contributed by atoms with Gasteiger partial charge in [-0.1, -0.05) is 13.0 Å². The Balaban J connectivity index is 1.58. The normalized spacial score (nSPS) is 28.1. The van der Waals surface area contributed by atoms with Crippen LogP contribution in [0.3, 0.4) is 0 Å². The molecule has 3 unspecified atom stereocenters. The molecular formula is C21H33N5O. The Kier molecular flexibility index (Phi) is 5.98. The molecule has 0 spiro atoms. The van der Waals surface area contributed by atoms with E-state index in [1.807, 2.05) is 7.05 Å². The van der Waals surface area contributed by atoms with E-state index in [2.05, 4.69) is 51.7 Å². The van der Waals surface area contributed by atoms with Gasteiger partial charge in [-0.3, -0.25) is 10.6 Å². The van der Waals surface area contributed by atoms with Crippen molar-refractivity contribution < 1.29 is 4.74 Å². The molecule has 6 heteroatoms. The minimum atomic E-state index is 0.0548. The second-order valence-electron chi connectivity index (χ2n) is 7.74. The van der Waals surface area contributed by atoms with Gasteiger partial charge in [-0.15, -0.1) is 0 Å². The molecule has 3 atom stereocenters. The van der Waals surface area contributed by atoms with E-state index in [9.17, 15) is 0 Å². The molecule has 1 aromatic rings. The maximum atomic E-state index is 6.01. The fourth-order valence-electron chi connectivity index (χ4n) is 4.32. The Morgan fingerprint density at radius 2 is 2.15 bits per heavy atom. The van der Waals surface area contributed by atoms with Gasteiger partial charge >= 0.3 is 0 Å². The third-order valence-electron chi connectivity index (χ3n) is 5.86. The van der Waals surface area contributed by atoms with E-state index in [-0.39, 0.29) is 6.29 Å². The van der Waals surface area contributed by atoms with Crippen LogP contribution in [0, 0.1) is 0 Å². The van der Waals surface area contributed by atoms with E-state index in [1.54, 1.807) is 0 Å². The largest absolute Gasteiger partial charge is 0.492 e. The summed E-state index contributed by atoms with van der Waals surface area (Å²) >= 11 is 0. The second-order valence-corrected chi connectivity index (χ2v) is 7.74. The van der Waals surface area contributed by atoms with Crippen LogP contribution in [0.1, 0.15) is 43.7 Å². The first-order valence-electron chi connectivity index (χ1n) is 10.4. The summed E-state index contributed by atoms with van der Waals surface area (Å²) < 4.78 is 6.01. The molecule has 1 saturated heterocycles. The number of benzene rings is 1. The van der Waals surface area contributed by atoms with Crippen LogP contribution < -0.4 is 31.3 Å². The lowest BCUT2D eigenvalue weighted by Crippen LogP contribution is -2.64. The van der Waals surface area contributed by atoms with E-state index in [1.165, 1.54) is 23.1 Å². The van der Waals surface area contributed by atoms with Gasteiger partial charge in [0.15, 0.2) is 0 Å². The number of allylic oxidation sites excluding steroid dienone is 1. The number of hydrogen-bond acceptors (Lipinski definition) is 6. The average Bonchev–Trinajstić information content (AvgIpc) is 3.00. The first-order valence-corrected chi connectivity index (χ1v) is 10.4. The van der Waals surface area contributed by atoms with Gasteiger partial charge in [-0.2, -0.15) is 0 Å². The SMILES string of the molecule is CCC1CC(NC)NC(Nc2cc3c(c(C4=CCNCCC4)c2)OCC3)N1. The number of ether oxygens (including phenoxy) is 1. The van der Waals surface area contributed by atoms with E-state index in [0.29, 0.717) is 12.2 Å². The molecule has 0 saturated carbocycles. The number of hydrogen-bond donors (Lipinski definition) is 5. The zero-order valence-corrected chi connectivity index (χ0v) is 16.5. The third kappa shape index (κ3) is 4.29. The monoisotopic (exact) mass is 371 g/mol. The molecule has 148 valence electrons. The van der Waals surface area contributed by atoms with Gasteiger partial charge in [0.05, 0.1) is 12.8 Å². The molecular weight excluding hydrogens is 338 g/mol. The van der Waals surface area contributed by atoms with Crippen LogP contribution in [0.2, 0.25) is 0 Å². The molecule has 3 heterocycles. The Morgan fingerprint density at radius 1 is 1.22 bits per heavy atom. The van der Waals surface area contributed by atoms with Crippen molar-refractivity contribution in [3.63, 3.8) is 0 Å². The van der Waals surface area contributed by atoms with Crippen LogP contribution in [0.15, 0.2) is 18.2 Å². The summed E-state index contributed by atoms with van der Waals surface area (Å²) in [6, 6.07) is 5.04. The third-order valence-corrected chi connectivity index (χ3v) is 5.86. The molecule has 6 nitrogen and oxygen atoms in total. The van der Waals surface area contributed by atoms with Crippen LogP contribution >= 0.6 is 0 Å². The van der Waals surface area contributed by atoms with Crippen LogP contribution in [0.25, 0.3) is 5.57 Å². The summed E-state index contributed by atoms with van der Waals surface area (Å²) in [7, 11) is 2.02. The molecule has 0 bridgehead atoms. The van der Waals surface area contributed by atoms with Crippen molar-refractivity contribution in [3.05, 3.63) is 29.3 Å². The van der Waals surface area contributed by atoms with Crippen LogP contribution in [-0.2, 0) is 6.42 Å². The van der Waals surface area contributed by atoms with Crippen molar-refractivity contribution in [3.8, 4) is 5.75 Å². The van der Waals surface area contributed by atoms with Crippen molar-refractivity contribution in [1.82, 2.24) is 21.3 Å². The maximum absolute atomic E-state index is 6.01. The summed E-state index contributed by atoms with van der Waals surface area (Å²) in [6.07, 6.45) is 8.19. The fraction of sp³-hybridized carbons (Fsp3) is 0.619. The summed E-state index contributed by atoms with van der Waals surface area (Å²) in [5.74, 6) is 1.10. The Labute approximate surface area is 162 Å². The highest BCUT2D eigenvalue weighted by Crippen LogP contribution is 2.38. The first-order chi connectivity index (χ1) is 13.3. The lowest BCUT2D eigenvalue weighted by atomic mass is 9.96. The van der Waals surface area contributed by atoms with E-state index < -0.39 is 0 Å². The van der Waals surface area contributed by atoms with Crippen LogP contribution in [-0.4, -0.2) is 45.2 Å². The van der Waals surface area contributed by atoms with Crippen molar-refractivity contribution in [2.24, 2.45) is 0 Å². The highest BCUT2D eigenvalue weighted by molar-refractivity contribution is 5.76. The lowest BCUT2D eigenvalue weighted by molar-refractivity contribution is 0.235. The number of anilines is 1. The second kappa shape index (κ2) is 8.61. The van der Waals surface area contributed by atoms with E-state index >= 15 is 0 Å². The van der Waals surface area contributed by atoms with E-state index in [4.69, 9.17) is 4.74 Å². The van der Waals surface area contributed by atoms with Crippen molar-refractivity contribution in [1.29, 1.82) is 0 Å². The molecule has 0 aliphatic carbocycles. The van der Waals surface area contributed by atoms with Crippen LogP contribution in [0.5, 0.6) is 5.75 Å². The number of rotatable bonds is 5. The molecule has 3 aliphatic heterocycles. The molecule has 27 heavy (non-hydrogen) atoms. The summed E-state index contributed by atoms with van der Waals surface area (Å²) in [5, 5.41) is 17.8. The topological polar surface area (TPSA) is 69.4 Å². The molecule has 0 amide bonds. The Morgan fingerprint density at radius 3 is 3.00 bits per heavy atom. The minimum Gasteiger partial charge on any atom is -0.492 e. The molecule has 0 aromatic heterocycles. The first kappa shape index (κ1) is 18.7. The van der Waals surface area contributed by atoms with Gasteiger partial charge in [0.1, 0.15) is 12.0 Å². The molecule has 0 radical (unpaired) electrons. The molecule has 1 fully saturated rings. The van der Waals surface area contributed by atoms with Gasteiger partial charge in [-0.25, -0.2) is 0 Å². The number of nitrogens with one attached hydrogen (secondary N) is 5.